The van der Waals surface area contributed by atoms with Gasteiger partial charge in [0.2, 0.25) is 0 Å². The first kappa shape index (κ1) is 10.7. The third-order valence-electron chi connectivity index (χ3n) is 2.68. The van der Waals surface area contributed by atoms with Crippen LogP contribution >= 0.6 is 0 Å². The molecule has 16 heavy (non-hydrogen) atoms. The van der Waals surface area contributed by atoms with E-state index in [4.69, 9.17) is 5.73 Å². The maximum absolute atomic E-state index is 6.05. The van der Waals surface area contributed by atoms with E-state index in [0.717, 1.165) is 17.9 Å². The normalized spacial score (nSPS) is 10.9. The van der Waals surface area contributed by atoms with Gasteiger partial charge in [0.15, 0.2) is 0 Å². The molecule has 0 bridgehead atoms. The molecule has 3 heteroatoms. The quantitative estimate of drug-likeness (QED) is 0.855. The molecule has 0 unspecified atom stereocenters. The van der Waals surface area contributed by atoms with Crippen molar-refractivity contribution in [3.63, 3.8) is 0 Å². The third kappa shape index (κ3) is 2.08. The van der Waals surface area contributed by atoms with Crippen LogP contribution in [0.5, 0.6) is 0 Å². The van der Waals surface area contributed by atoms with Gasteiger partial charge in [-0.3, -0.25) is 0 Å². The zero-order valence-electron chi connectivity index (χ0n) is 9.72. The molecule has 0 aliphatic carbocycles. The van der Waals surface area contributed by atoms with Gasteiger partial charge in [-0.15, -0.1) is 0 Å². The van der Waals surface area contributed by atoms with Crippen molar-refractivity contribution < 1.29 is 0 Å². The van der Waals surface area contributed by atoms with Crippen LogP contribution < -0.4 is 5.73 Å². The lowest BCUT2D eigenvalue weighted by Crippen LogP contribution is -2.05. The highest BCUT2D eigenvalue weighted by Crippen LogP contribution is 2.18. The largest absolute Gasteiger partial charge is 0.384 e. The number of nitrogens with zero attached hydrogens (tertiary/aromatic N) is 2. The SMILES string of the molecule is CC(C)n1cnc(Cc2ccccc2)c1N. The summed E-state index contributed by atoms with van der Waals surface area (Å²) in [5.74, 6) is 0.777. The molecular weight excluding hydrogens is 198 g/mol. The minimum Gasteiger partial charge on any atom is -0.384 e. The summed E-state index contributed by atoms with van der Waals surface area (Å²) < 4.78 is 2.00. The molecule has 1 heterocycles. The van der Waals surface area contributed by atoms with Gasteiger partial charge >= 0.3 is 0 Å². The van der Waals surface area contributed by atoms with E-state index in [1.54, 1.807) is 0 Å². The van der Waals surface area contributed by atoms with Crippen molar-refractivity contribution in [1.29, 1.82) is 0 Å². The maximum Gasteiger partial charge on any atom is 0.127 e. The first-order valence-electron chi connectivity index (χ1n) is 5.53. The van der Waals surface area contributed by atoms with Crippen LogP contribution in [0.4, 0.5) is 5.82 Å². The van der Waals surface area contributed by atoms with Gasteiger partial charge < -0.3 is 10.3 Å². The van der Waals surface area contributed by atoms with E-state index < -0.39 is 0 Å². The Morgan fingerprint density at radius 1 is 1.25 bits per heavy atom. The Bertz CT molecular complexity index is 457. The second-order valence-electron chi connectivity index (χ2n) is 4.24. The summed E-state index contributed by atoms with van der Waals surface area (Å²) in [4.78, 5) is 4.37. The van der Waals surface area contributed by atoms with Gasteiger partial charge in [-0.1, -0.05) is 30.3 Å². The van der Waals surface area contributed by atoms with E-state index >= 15 is 0 Å². The van der Waals surface area contributed by atoms with Gasteiger partial charge in [-0.2, -0.15) is 0 Å². The summed E-state index contributed by atoms with van der Waals surface area (Å²) in [6, 6.07) is 10.6. The lowest BCUT2D eigenvalue weighted by molar-refractivity contribution is 0.607. The maximum atomic E-state index is 6.05. The van der Waals surface area contributed by atoms with Crippen molar-refractivity contribution in [3.05, 3.63) is 47.9 Å². The molecule has 0 aliphatic rings. The van der Waals surface area contributed by atoms with Crippen LogP contribution in [0.1, 0.15) is 31.1 Å². The van der Waals surface area contributed by atoms with Crippen molar-refractivity contribution >= 4 is 5.82 Å². The highest BCUT2D eigenvalue weighted by atomic mass is 15.1. The van der Waals surface area contributed by atoms with Crippen LogP contribution in [0.15, 0.2) is 36.7 Å². The van der Waals surface area contributed by atoms with Gasteiger partial charge in [0.05, 0.1) is 12.0 Å². The summed E-state index contributed by atoms with van der Waals surface area (Å²) in [6.45, 7) is 4.20. The van der Waals surface area contributed by atoms with E-state index in [2.05, 4.69) is 31.0 Å². The highest BCUT2D eigenvalue weighted by molar-refractivity contribution is 5.39. The molecule has 2 aromatic rings. The Morgan fingerprint density at radius 2 is 1.94 bits per heavy atom. The molecule has 0 saturated heterocycles. The Morgan fingerprint density at radius 3 is 2.50 bits per heavy atom. The summed E-state index contributed by atoms with van der Waals surface area (Å²) in [6.07, 6.45) is 2.62. The molecule has 0 saturated carbocycles. The van der Waals surface area contributed by atoms with Crippen molar-refractivity contribution in [3.8, 4) is 0 Å². The molecule has 0 spiro atoms. The number of nitrogens with two attached hydrogens (primary N) is 1. The highest BCUT2D eigenvalue weighted by Gasteiger charge is 2.09. The fourth-order valence-corrected chi connectivity index (χ4v) is 1.75. The minimum absolute atomic E-state index is 0.358. The van der Waals surface area contributed by atoms with Gasteiger partial charge in [0.25, 0.3) is 0 Å². The molecule has 3 nitrogen and oxygen atoms in total. The number of anilines is 1. The van der Waals surface area contributed by atoms with E-state index in [9.17, 15) is 0 Å². The fourth-order valence-electron chi connectivity index (χ4n) is 1.75. The van der Waals surface area contributed by atoms with Crippen LogP contribution in [0.2, 0.25) is 0 Å². The zero-order chi connectivity index (χ0) is 11.5. The topological polar surface area (TPSA) is 43.8 Å². The Hall–Kier alpha value is -1.77. The van der Waals surface area contributed by atoms with Gasteiger partial charge in [0.1, 0.15) is 5.82 Å². The lowest BCUT2D eigenvalue weighted by atomic mass is 10.1. The van der Waals surface area contributed by atoms with E-state index in [-0.39, 0.29) is 0 Å². The number of aromatic nitrogens is 2. The van der Waals surface area contributed by atoms with Crippen molar-refractivity contribution in [1.82, 2.24) is 9.55 Å². The number of hydrogen-bond acceptors (Lipinski definition) is 2. The Kier molecular flexibility index (Phi) is 2.95. The van der Waals surface area contributed by atoms with Crippen LogP contribution in [0.3, 0.4) is 0 Å². The average molecular weight is 215 g/mol. The molecule has 0 radical (unpaired) electrons. The van der Waals surface area contributed by atoms with E-state index in [0.29, 0.717) is 6.04 Å². The number of hydrogen-bond donors (Lipinski definition) is 1. The number of imidazole rings is 1. The van der Waals surface area contributed by atoms with Crippen molar-refractivity contribution in [2.75, 3.05) is 5.73 Å². The average Bonchev–Trinajstić information content (AvgIpc) is 2.62. The van der Waals surface area contributed by atoms with Crippen LogP contribution in [0.25, 0.3) is 0 Å². The molecule has 1 aromatic heterocycles. The van der Waals surface area contributed by atoms with Crippen LogP contribution in [-0.4, -0.2) is 9.55 Å². The summed E-state index contributed by atoms with van der Waals surface area (Å²) in [5.41, 5.74) is 8.25. The minimum atomic E-state index is 0.358. The molecule has 2 N–H and O–H groups in total. The molecule has 2 rings (SSSR count). The molecule has 0 fully saturated rings. The van der Waals surface area contributed by atoms with Gasteiger partial charge in [0, 0.05) is 12.5 Å². The number of benzene rings is 1. The lowest BCUT2D eigenvalue weighted by Gasteiger charge is -2.08. The summed E-state index contributed by atoms with van der Waals surface area (Å²) >= 11 is 0. The zero-order valence-corrected chi connectivity index (χ0v) is 9.72. The first-order valence-corrected chi connectivity index (χ1v) is 5.53. The Balaban J connectivity index is 2.23. The monoisotopic (exact) mass is 215 g/mol. The van der Waals surface area contributed by atoms with Gasteiger partial charge in [-0.25, -0.2) is 4.98 Å². The molecule has 0 atom stereocenters. The fraction of sp³-hybridized carbons (Fsp3) is 0.308. The van der Waals surface area contributed by atoms with Crippen LogP contribution in [0, 0.1) is 0 Å². The molecular formula is C13H17N3. The standard InChI is InChI=1S/C13H17N3/c1-10(2)16-9-15-12(13(16)14)8-11-6-4-3-5-7-11/h3-7,9-10H,8,14H2,1-2H3. The molecule has 0 amide bonds. The molecule has 0 aliphatic heterocycles. The smallest absolute Gasteiger partial charge is 0.127 e. The predicted octanol–water partition coefficient (Wildman–Crippen LogP) is 2.64. The third-order valence-corrected chi connectivity index (χ3v) is 2.68. The van der Waals surface area contributed by atoms with E-state index in [1.165, 1.54) is 5.56 Å². The Labute approximate surface area is 95.9 Å². The predicted molar refractivity (Wildman–Crippen MR) is 66.3 cm³/mol. The molecule has 84 valence electrons. The number of nitrogen functional groups attached to an aromatic ring is 1. The molecule has 1 aromatic carbocycles. The van der Waals surface area contributed by atoms with Crippen LogP contribution in [-0.2, 0) is 6.42 Å². The van der Waals surface area contributed by atoms with Gasteiger partial charge in [-0.05, 0) is 19.4 Å². The van der Waals surface area contributed by atoms with Crippen molar-refractivity contribution in [2.24, 2.45) is 0 Å². The number of rotatable bonds is 3. The van der Waals surface area contributed by atoms with E-state index in [1.807, 2.05) is 29.1 Å². The van der Waals surface area contributed by atoms with Crippen molar-refractivity contribution in [2.45, 2.75) is 26.3 Å². The second kappa shape index (κ2) is 4.39. The first-order chi connectivity index (χ1) is 7.68. The second-order valence-corrected chi connectivity index (χ2v) is 4.24. The summed E-state index contributed by atoms with van der Waals surface area (Å²) in [5, 5.41) is 0. The summed E-state index contributed by atoms with van der Waals surface area (Å²) in [7, 11) is 0.